The molecule has 5 heteroatoms. The number of ether oxygens (including phenoxy) is 1. The summed E-state index contributed by atoms with van der Waals surface area (Å²) in [4.78, 5) is 13.4. The number of benzene rings is 3. The van der Waals surface area contributed by atoms with Crippen LogP contribution in [-0.2, 0) is 4.79 Å². The summed E-state index contributed by atoms with van der Waals surface area (Å²) >= 11 is 0. The second-order valence-corrected chi connectivity index (χ2v) is 7.98. The first-order chi connectivity index (χ1) is 14.5. The molecule has 0 radical (unpaired) electrons. The lowest BCUT2D eigenvalue weighted by molar-refractivity contribution is -0.144. The van der Waals surface area contributed by atoms with Gasteiger partial charge in [0.25, 0.3) is 0 Å². The molecule has 3 aromatic carbocycles. The van der Waals surface area contributed by atoms with E-state index in [2.05, 4.69) is 65.7 Å². The Kier molecular flexibility index (Phi) is 5.91. The zero-order valence-corrected chi connectivity index (χ0v) is 17.4. The predicted octanol–water partition coefficient (Wildman–Crippen LogP) is 4.62. The van der Waals surface area contributed by atoms with Crippen LogP contribution in [0.5, 0.6) is 5.75 Å². The Morgan fingerprint density at radius 2 is 1.87 bits per heavy atom. The molecule has 0 aromatic heterocycles. The van der Waals surface area contributed by atoms with Crippen molar-refractivity contribution in [3.05, 3.63) is 72.3 Å². The maximum atomic E-state index is 11.0. The lowest BCUT2D eigenvalue weighted by Gasteiger charge is -2.23. The molecule has 4 rings (SSSR count). The Morgan fingerprint density at radius 1 is 1.10 bits per heavy atom. The molecule has 0 aliphatic carbocycles. The summed E-state index contributed by atoms with van der Waals surface area (Å²) in [7, 11) is 0. The van der Waals surface area contributed by atoms with E-state index in [9.17, 15) is 4.79 Å². The zero-order valence-electron chi connectivity index (χ0n) is 17.4. The molecule has 3 aromatic rings. The van der Waals surface area contributed by atoms with Crippen LogP contribution in [0, 0.1) is 0 Å². The third-order valence-corrected chi connectivity index (χ3v) is 5.81. The van der Waals surface area contributed by atoms with E-state index >= 15 is 0 Å². The molecule has 1 fully saturated rings. The first-order valence-corrected chi connectivity index (χ1v) is 10.5. The molecule has 30 heavy (non-hydrogen) atoms. The van der Waals surface area contributed by atoms with Gasteiger partial charge in [0.1, 0.15) is 5.75 Å². The van der Waals surface area contributed by atoms with Gasteiger partial charge in [0.15, 0.2) is 6.10 Å². The van der Waals surface area contributed by atoms with E-state index in [1.165, 1.54) is 16.3 Å². The third kappa shape index (κ3) is 4.41. The molecule has 0 amide bonds. The highest BCUT2D eigenvalue weighted by Gasteiger charge is 2.25. The van der Waals surface area contributed by atoms with Crippen molar-refractivity contribution in [2.75, 3.05) is 18.0 Å². The van der Waals surface area contributed by atoms with Crippen molar-refractivity contribution in [2.24, 2.45) is 0 Å². The van der Waals surface area contributed by atoms with Crippen LogP contribution < -0.4 is 15.0 Å². The normalized spacial score (nSPS) is 18.3. The molecule has 0 bridgehead atoms. The second-order valence-electron chi connectivity index (χ2n) is 7.98. The molecule has 0 saturated carbocycles. The van der Waals surface area contributed by atoms with E-state index in [4.69, 9.17) is 9.84 Å². The van der Waals surface area contributed by atoms with E-state index in [0.29, 0.717) is 11.8 Å². The van der Waals surface area contributed by atoms with Crippen LogP contribution in [0.3, 0.4) is 0 Å². The molecule has 0 spiro atoms. The minimum Gasteiger partial charge on any atom is -0.479 e. The second kappa shape index (κ2) is 8.76. The fourth-order valence-corrected chi connectivity index (χ4v) is 4.21. The highest BCUT2D eigenvalue weighted by Crippen LogP contribution is 2.28. The first kappa shape index (κ1) is 20.2. The van der Waals surface area contributed by atoms with Gasteiger partial charge in [0, 0.05) is 36.9 Å². The van der Waals surface area contributed by atoms with Gasteiger partial charge in [0.2, 0.25) is 0 Å². The van der Waals surface area contributed by atoms with E-state index in [1.807, 2.05) is 12.1 Å². The largest absolute Gasteiger partial charge is 0.479 e. The Bertz CT molecular complexity index is 1030. The summed E-state index contributed by atoms with van der Waals surface area (Å²) in [5.41, 5.74) is 2.39. The fraction of sp³-hybridized carbons (Fsp3) is 0.320. The summed E-state index contributed by atoms with van der Waals surface area (Å²) in [6, 6.07) is 23.3. The van der Waals surface area contributed by atoms with Crippen molar-refractivity contribution >= 4 is 22.4 Å². The van der Waals surface area contributed by atoms with E-state index in [0.717, 1.165) is 25.2 Å². The zero-order chi connectivity index (χ0) is 21.1. The highest BCUT2D eigenvalue weighted by atomic mass is 16.5. The van der Waals surface area contributed by atoms with Crippen molar-refractivity contribution in [2.45, 2.75) is 38.5 Å². The average Bonchev–Trinajstić information content (AvgIpc) is 3.22. The highest BCUT2D eigenvalue weighted by molar-refractivity contribution is 5.86. The smallest absolute Gasteiger partial charge is 0.344 e. The molecule has 156 valence electrons. The van der Waals surface area contributed by atoms with Crippen LogP contribution in [0.25, 0.3) is 10.8 Å². The van der Waals surface area contributed by atoms with Gasteiger partial charge in [-0.1, -0.05) is 48.5 Å². The Balaban J connectivity index is 1.42. The average molecular weight is 405 g/mol. The quantitative estimate of drug-likeness (QED) is 0.602. The van der Waals surface area contributed by atoms with Gasteiger partial charge in [-0.2, -0.15) is 0 Å². The van der Waals surface area contributed by atoms with Crippen LogP contribution in [0.15, 0.2) is 66.7 Å². The van der Waals surface area contributed by atoms with Gasteiger partial charge in [0.05, 0.1) is 0 Å². The number of fused-ring (bicyclic) bond motifs is 1. The van der Waals surface area contributed by atoms with E-state index in [-0.39, 0.29) is 6.04 Å². The fourth-order valence-electron chi connectivity index (χ4n) is 4.21. The maximum Gasteiger partial charge on any atom is 0.344 e. The Labute approximate surface area is 177 Å². The standard InChI is InChI=1S/C25H28N2O3/c1-17(23-12-5-8-19-7-3-4-11-24(19)23)26-20-13-14-27(16-20)21-9-6-10-22(15-21)30-18(2)25(28)29/h3-12,15,17-18,20,26H,13-14,16H2,1-2H3,(H,28,29)/t17-,18-,20+/m1/s1. The SMILES string of the molecule is C[C@@H](Oc1cccc(N2CC[C@H](N[C@H](C)c3cccc4ccccc34)C2)c1)C(=O)O. The minimum absolute atomic E-state index is 0.257. The Hall–Kier alpha value is -3.05. The van der Waals surface area contributed by atoms with Crippen LogP contribution in [-0.4, -0.2) is 36.3 Å². The van der Waals surface area contributed by atoms with Crippen molar-refractivity contribution in [3.63, 3.8) is 0 Å². The molecule has 1 aliphatic rings. The van der Waals surface area contributed by atoms with Gasteiger partial charge in [-0.15, -0.1) is 0 Å². The number of hydrogen-bond donors (Lipinski definition) is 2. The van der Waals surface area contributed by atoms with Gasteiger partial charge in [-0.3, -0.25) is 0 Å². The van der Waals surface area contributed by atoms with Crippen molar-refractivity contribution in [1.29, 1.82) is 0 Å². The number of carboxylic acids is 1. The van der Waals surface area contributed by atoms with Gasteiger partial charge in [-0.05, 0) is 48.7 Å². The molecule has 1 heterocycles. The number of aliphatic carboxylic acids is 1. The number of anilines is 1. The first-order valence-electron chi connectivity index (χ1n) is 10.5. The van der Waals surface area contributed by atoms with E-state index < -0.39 is 12.1 Å². The molecule has 1 saturated heterocycles. The summed E-state index contributed by atoms with van der Waals surface area (Å²) in [5, 5.41) is 15.4. The number of rotatable bonds is 7. The summed E-state index contributed by atoms with van der Waals surface area (Å²) in [6.07, 6.45) is 0.195. The maximum absolute atomic E-state index is 11.0. The Morgan fingerprint density at radius 3 is 2.70 bits per heavy atom. The van der Waals surface area contributed by atoms with Gasteiger partial charge >= 0.3 is 5.97 Å². The van der Waals surface area contributed by atoms with E-state index in [1.54, 1.807) is 13.0 Å². The van der Waals surface area contributed by atoms with Gasteiger partial charge in [-0.25, -0.2) is 4.79 Å². The third-order valence-electron chi connectivity index (χ3n) is 5.81. The molecule has 0 unspecified atom stereocenters. The number of nitrogens with one attached hydrogen (secondary N) is 1. The number of nitrogens with zero attached hydrogens (tertiary/aromatic N) is 1. The number of carbonyl (C=O) groups is 1. The van der Waals surface area contributed by atoms with Crippen LogP contribution in [0.1, 0.15) is 31.9 Å². The lowest BCUT2D eigenvalue weighted by Crippen LogP contribution is -2.34. The van der Waals surface area contributed by atoms with Crippen LogP contribution in [0.4, 0.5) is 5.69 Å². The molecule has 1 aliphatic heterocycles. The minimum atomic E-state index is -0.965. The summed E-state index contributed by atoms with van der Waals surface area (Å²) < 4.78 is 5.52. The topological polar surface area (TPSA) is 61.8 Å². The molecular weight excluding hydrogens is 376 g/mol. The molecule has 3 atom stereocenters. The van der Waals surface area contributed by atoms with Crippen molar-refractivity contribution < 1.29 is 14.6 Å². The number of hydrogen-bond acceptors (Lipinski definition) is 4. The molecule has 5 nitrogen and oxygen atoms in total. The molecule has 2 N–H and O–H groups in total. The van der Waals surface area contributed by atoms with Crippen molar-refractivity contribution in [3.8, 4) is 5.75 Å². The summed E-state index contributed by atoms with van der Waals surface area (Å²) in [5.74, 6) is -0.379. The van der Waals surface area contributed by atoms with Crippen molar-refractivity contribution in [1.82, 2.24) is 5.32 Å². The molecular formula is C25H28N2O3. The predicted molar refractivity (Wildman–Crippen MR) is 120 cm³/mol. The lowest BCUT2D eigenvalue weighted by atomic mass is 9.99. The van der Waals surface area contributed by atoms with Crippen LogP contribution >= 0.6 is 0 Å². The number of carboxylic acid groups (broad SMARTS) is 1. The monoisotopic (exact) mass is 404 g/mol. The summed E-state index contributed by atoms with van der Waals surface area (Å²) in [6.45, 7) is 5.64. The van der Waals surface area contributed by atoms with Gasteiger partial charge < -0.3 is 20.1 Å². The van der Waals surface area contributed by atoms with Crippen LogP contribution in [0.2, 0.25) is 0 Å².